The van der Waals surface area contributed by atoms with Crippen molar-refractivity contribution < 1.29 is 32.9 Å². The lowest BCUT2D eigenvalue weighted by molar-refractivity contribution is -0.870. The van der Waals surface area contributed by atoms with Gasteiger partial charge in [-0.3, -0.25) is 9.36 Å². The van der Waals surface area contributed by atoms with Crippen molar-refractivity contribution in [3.63, 3.8) is 0 Å². The summed E-state index contributed by atoms with van der Waals surface area (Å²) in [6, 6.07) is -0.886. The minimum Gasteiger partial charge on any atom is -0.756 e. The van der Waals surface area contributed by atoms with Crippen molar-refractivity contribution in [2.75, 3.05) is 40.9 Å². The van der Waals surface area contributed by atoms with Gasteiger partial charge in [0.1, 0.15) is 13.2 Å². The molecule has 0 aromatic rings. The first-order valence-electron chi connectivity index (χ1n) is 28.2. The van der Waals surface area contributed by atoms with Crippen molar-refractivity contribution in [3.8, 4) is 0 Å². The van der Waals surface area contributed by atoms with Gasteiger partial charge in [-0.2, -0.15) is 0 Å². The van der Waals surface area contributed by atoms with Gasteiger partial charge < -0.3 is 28.8 Å². The zero-order valence-electron chi connectivity index (χ0n) is 44.0. The van der Waals surface area contributed by atoms with Crippen LogP contribution in [0.25, 0.3) is 0 Å². The van der Waals surface area contributed by atoms with Crippen molar-refractivity contribution in [2.45, 2.75) is 289 Å². The Morgan fingerprint density at radius 2 is 0.846 bits per heavy atom. The van der Waals surface area contributed by atoms with Gasteiger partial charge in [-0.05, 0) is 44.9 Å². The van der Waals surface area contributed by atoms with Crippen LogP contribution in [0, 0.1) is 0 Å². The first-order chi connectivity index (χ1) is 31.5. The third-order valence-corrected chi connectivity index (χ3v) is 13.9. The summed E-state index contributed by atoms with van der Waals surface area (Å²) in [6.07, 6.45) is 59.6. The molecule has 0 bridgehead atoms. The van der Waals surface area contributed by atoms with E-state index in [0.29, 0.717) is 17.4 Å². The molecule has 0 saturated carbocycles. The molecule has 0 saturated heterocycles. The maximum absolute atomic E-state index is 12.9. The number of carbonyl (C=O) groups excluding carboxylic acids is 1. The number of nitrogens with one attached hydrogen (secondary N) is 1. The third-order valence-electron chi connectivity index (χ3n) is 12.9. The maximum Gasteiger partial charge on any atom is 0.268 e. The second kappa shape index (κ2) is 48.0. The number of rotatable bonds is 52. The molecule has 1 amide bonds. The number of nitrogens with zero attached hydrogens (tertiary/aromatic N) is 1. The van der Waals surface area contributed by atoms with Crippen molar-refractivity contribution in [1.82, 2.24) is 5.32 Å². The number of quaternary nitrogens is 1. The molecule has 386 valence electrons. The molecule has 0 aliphatic heterocycles. The van der Waals surface area contributed by atoms with Crippen LogP contribution in [-0.4, -0.2) is 68.5 Å². The molecule has 0 rings (SSSR count). The minimum absolute atomic E-state index is 0.000293. The summed E-state index contributed by atoms with van der Waals surface area (Å²) in [5.41, 5.74) is 0. The van der Waals surface area contributed by atoms with Crippen molar-refractivity contribution in [3.05, 3.63) is 24.3 Å². The molecule has 9 heteroatoms. The van der Waals surface area contributed by atoms with E-state index in [-0.39, 0.29) is 19.1 Å². The summed E-state index contributed by atoms with van der Waals surface area (Å²) in [5.74, 6) is -0.196. The first kappa shape index (κ1) is 64.0. The summed E-state index contributed by atoms with van der Waals surface area (Å²) < 4.78 is 23.3. The fourth-order valence-electron chi connectivity index (χ4n) is 8.44. The maximum atomic E-state index is 12.9. The molecule has 0 aromatic heterocycles. The highest BCUT2D eigenvalue weighted by atomic mass is 31.2. The van der Waals surface area contributed by atoms with Gasteiger partial charge in [0.25, 0.3) is 7.82 Å². The van der Waals surface area contributed by atoms with E-state index in [1.54, 1.807) is 6.08 Å². The van der Waals surface area contributed by atoms with Gasteiger partial charge in [0, 0.05) is 6.42 Å². The Morgan fingerprint density at radius 1 is 0.523 bits per heavy atom. The van der Waals surface area contributed by atoms with Crippen LogP contribution in [0.5, 0.6) is 0 Å². The average molecular weight is 939 g/mol. The number of likely N-dealkylation sites (N-methyl/N-ethyl adjacent to an activating group) is 1. The molecule has 0 radical (unpaired) electrons. The van der Waals surface area contributed by atoms with Crippen LogP contribution in [0.4, 0.5) is 0 Å². The van der Waals surface area contributed by atoms with E-state index in [1.165, 1.54) is 218 Å². The van der Waals surface area contributed by atoms with E-state index in [1.807, 2.05) is 27.2 Å². The molecule has 0 fully saturated rings. The Labute approximate surface area is 404 Å². The molecule has 0 spiro atoms. The van der Waals surface area contributed by atoms with Crippen molar-refractivity contribution in [1.29, 1.82) is 0 Å². The normalized spacial score (nSPS) is 14.1. The minimum atomic E-state index is -4.59. The van der Waals surface area contributed by atoms with Crippen LogP contribution in [-0.2, 0) is 18.4 Å². The third kappa shape index (κ3) is 50.7. The largest absolute Gasteiger partial charge is 0.756 e. The molecule has 0 aliphatic carbocycles. The number of aliphatic hydroxyl groups excluding tert-OH is 1. The zero-order chi connectivity index (χ0) is 47.8. The van der Waals surface area contributed by atoms with Crippen molar-refractivity contribution >= 4 is 13.7 Å². The molecular weight excluding hydrogens is 828 g/mol. The van der Waals surface area contributed by atoms with E-state index >= 15 is 0 Å². The van der Waals surface area contributed by atoms with Gasteiger partial charge in [-0.1, -0.05) is 250 Å². The summed E-state index contributed by atoms with van der Waals surface area (Å²) >= 11 is 0. The van der Waals surface area contributed by atoms with Crippen LogP contribution in [0.3, 0.4) is 0 Å². The van der Waals surface area contributed by atoms with E-state index in [0.717, 1.165) is 38.5 Å². The fraction of sp³-hybridized carbons (Fsp3) is 0.911. The van der Waals surface area contributed by atoms with Gasteiger partial charge in [-0.15, -0.1) is 0 Å². The first-order valence-corrected chi connectivity index (χ1v) is 29.7. The molecule has 3 atom stereocenters. The molecular formula is C56H111N2O6P. The second-order valence-corrected chi connectivity index (χ2v) is 22.1. The van der Waals surface area contributed by atoms with Gasteiger partial charge in [0.15, 0.2) is 0 Å². The smallest absolute Gasteiger partial charge is 0.268 e. The molecule has 2 N–H and O–H groups in total. The Bertz CT molecular complexity index is 1110. The van der Waals surface area contributed by atoms with Crippen LogP contribution < -0.4 is 10.2 Å². The Morgan fingerprint density at radius 3 is 1.20 bits per heavy atom. The van der Waals surface area contributed by atoms with E-state index in [9.17, 15) is 19.4 Å². The quantitative estimate of drug-likeness (QED) is 0.0272. The topological polar surface area (TPSA) is 108 Å². The summed E-state index contributed by atoms with van der Waals surface area (Å²) in [6.45, 7) is 4.68. The van der Waals surface area contributed by atoms with Gasteiger partial charge in [-0.25, -0.2) is 0 Å². The van der Waals surface area contributed by atoms with Gasteiger partial charge in [0.05, 0.1) is 39.9 Å². The lowest BCUT2D eigenvalue weighted by atomic mass is 10.0. The second-order valence-electron chi connectivity index (χ2n) is 20.6. The number of hydrogen-bond acceptors (Lipinski definition) is 6. The SMILES string of the molecule is CCCCCCCC/C=C\CCCCCCCCCCCC(=O)NC(COP(=O)([O-])OCC[N+](C)(C)C)C(O)/C=C/CCCCCCCCCCCCCCCCCCCCCCCC. The van der Waals surface area contributed by atoms with E-state index in [2.05, 4.69) is 31.3 Å². The predicted octanol–water partition coefficient (Wildman–Crippen LogP) is 16.2. The summed E-state index contributed by atoms with van der Waals surface area (Å²) in [4.78, 5) is 25.5. The monoisotopic (exact) mass is 939 g/mol. The number of allylic oxidation sites excluding steroid dienone is 3. The summed E-state index contributed by atoms with van der Waals surface area (Å²) in [7, 11) is 1.27. The number of aliphatic hydroxyl groups is 1. The number of phosphoric ester groups is 1. The lowest BCUT2D eigenvalue weighted by Crippen LogP contribution is -2.45. The van der Waals surface area contributed by atoms with Crippen LogP contribution in [0.2, 0.25) is 0 Å². The van der Waals surface area contributed by atoms with E-state index in [4.69, 9.17) is 9.05 Å². The number of amides is 1. The van der Waals surface area contributed by atoms with Crippen LogP contribution in [0.1, 0.15) is 277 Å². The Kier molecular flexibility index (Phi) is 47.3. The Hall–Kier alpha value is -1.02. The van der Waals surface area contributed by atoms with Gasteiger partial charge in [0.2, 0.25) is 5.91 Å². The molecule has 65 heavy (non-hydrogen) atoms. The highest BCUT2D eigenvalue weighted by Gasteiger charge is 2.23. The molecule has 0 aromatic carbocycles. The number of phosphoric acid groups is 1. The fourth-order valence-corrected chi connectivity index (χ4v) is 9.17. The highest BCUT2D eigenvalue weighted by molar-refractivity contribution is 7.45. The molecule has 8 nitrogen and oxygen atoms in total. The number of unbranched alkanes of at least 4 members (excludes halogenated alkanes) is 37. The molecule has 0 aliphatic rings. The van der Waals surface area contributed by atoms with Gasteiger partial charge >= 0.3 is 0 Å². The number of hydrogen-bond donors (Lipinski definition) is 2. The highest BCUT2D eigenvalue weighted by Crippen LogP contribution is 2.38. The molecule has 0 heterocycles. The zero-order valence-corrected chi connectivity index (χ0v) is 44.9. The van der Waals surface area contributed by atoms with E-state index < -0.39 is 20.0 Å². The molecule has 3 unspecified atom stereocenters. The standard InChI is InChI=1S/C56H111N2O6P/c1-6-8-10-12-14-16-18-20-22-24-26-27-28-29-30-32-33-35-37-39-41-43-45-47-49-55(59)54(53-64-65(61,62)63-52-51-58(3,4)5)57-56(60)50-48-46-44-42-40-38-36-34-31-25-23-21-19-17-15-13-11-9-7-2/h21,23,47,49,54-55,59H,6-20,22,24-46,48,50-53H2,1-5H3,(H-,57,60,61,62)/b23-21-,49-47+. The van der Waals surface area contributed by atoms with Crippen molar-refractivity contribution in [2.24, 2.45) is 0 Å². The van der Waals surface area contributed by atoms with Crippen LogP contribution >= 0.6 is 7.82 Å². The average Bonchev–Trinajstić information content (AvgIpc) is 3.26. The lowest BCUT2D eigenvalue weighted by Gasteiger charge is -2.29. The summed E-state index contributed by atoms with van der Waals surface area (Å²) in [5, 5.41) is 13.9. The van der Waals surface area contributed by atoms with Crippen LogP contribution in [0.15, 0.2) is 24.3 Å². The Balaban J connectivity index is 4.22. The number of carbonyl (C=O) groups is 1. The predicted molar refractivity (Wildman–Crippen MR) is 279 cm³/mol.